The van der Waals surface area contributed by atoms with Crippen molar-refractivity contribution in [3.63, 3.8) is 0 Å². The van der Waals surface area contributed by atoms with E-state index in [4.69, 9.17) is 27.9 Å². The number of aromatic nitrogens is 2. The van der Waals surface area contributed by atoms with Crippen LogP contribution in [0.5, 0.6) is 0 Å². The van der Waals surface area contributed by atoms with Crippen molar-refractivity contribution in [2.24, 2.45) is 0 Å². The molecule has 0 aliphatic carbocycles. The fourth-order valence-corrected chi connectivity index (χ4v) is 2.01. The smallest absolute Gasteiger partial charge is 0.143 e. The van der Waals surface area contributed by atoms with Crippen LogP contribution in [-0.4, -0.2) is 21.1 Å². The molecule has 2 atom stereocenters. The van der Waals surface area contributed by atoms with Crippen molar-refractivity contribution in [2.45, 2.75) is 17.0 Å². The maximum atomic E-state index is 5.78. The first-order chi connectivity index (χ1) is 5.79. The van der Waals surface area contributed by atoms with Gasteiger partial charge < -0.3 is 4.74 Å². The molecule has 0 bridgehead atoms. The van der Waals surface area contributed by atoms with Crippen LogP contribution in [0.3, 0.4) is 0 Å². The van der Waals surface area contributed by atoms with Crippen LogP contribution in [0, 0.1) is 0 Å². The van der Waals surface area contributed by atoms with E-state index in [0.29, 0.717) is 0 Å². The van der Waals surface area contributed by atoms with E-state index in [1.165, 1.54) is 6.33 Å². The summed E-state index contributed by atoms with van der Waals surface area (Å²) in [6.45, 7) is 0. The number of alkyl halides is 2. The van der Waals surface area contributed by atoms with Gasteiger partial charge in [-0.15, -0.1) is 0 Å². The Hall–Kier alpha value is -0.380. The first kappa shape index (κ1) is 8.23. The monoisotopic (exact) mass is 204 g/mol. The number of ether oxygens (including phenoxy) is 1. The molecule has 1 saturated heterocycles. The molecule has 12 heavy (non-hydrogen) atoms. The largest absolute Gasteiger partial charge is 0.342 e. The molecule has 0 aromatic carbocycles. The Kier molecular flexibility index (Phi) is 2.17. The maximum Gasteiger partial charge on any atom is 0.143 e. The van der Waals surface area contributed by atoms with Crippen LogP contribution >= 0.6 is 23.2 Å². The molecule has 1 aromatic rings. The summed E-state index contributed by atoms with van der Waals surface area (Å²) >= 11 is 11.6. The molecular formula is C7H6Cl2N2O. The van der Waals surface area contributed by atoms with Crippen molar-refractivity contribution in [2.75, 3.05) is 0 Å². The number of hydrogen-bond donors (Lipinski definition) is 0. The normalized spacial score (nSPS) is 34.3. The van der Waals surface area contributed by atoms with Crippen molar-refractivity contribution in [3.8, 4) is 0 Å². The van der Waals surface area contributed by atoms with Crippen LogP contribution in [0.25, 0.3) is 0 Å². The number of rotatable bonds is 1. The Labute approximate surface area is 79.7 Å². The Bertz CT molecular complexity index is 261. The van der Waals surface area contributed by atoms with E-state index < -0.39 is 0 Å². The van der Waals surface area contributed by atoms with Gasteiger partial charge in [-0.1, -0.05) is 23.2 Å². The fourth-order valence-electron chi connectivity index (χ4n) is 1.11. The van der Waals surface area contributed by atoms with E-state index in [0.717, 1.165) is 5.56 Å². The lowest BCUT2D eigenvalue weighted by Gasteiger charge is -2.37. The standard InChI is InChI=1S/C7H6Cl2N2O/c8-6-5(7(9)12-6)4-1-10-3-11-2-4/h1-3,5-7H. The second-order valence-electron chi connectivity index (χ2n) is 2.54. The van der Waals surface area contributed by atoms with Crippen molar-refractivity contribution in [1.82, 2.24) is 9.97 Å². The van der Waals surface area contributed by atoms with Gasteiger partial charge in [0.15, 0.2) is 0 Å². The average molecular weight is 205 g/mol. The zero-order valence-electron chi connectivity index (χ0n) is 6.02. The highest BCUT2D eigenvalue weighted by atomic mass is 35.5. The lowest BCUT2D eigenvalue weighted by Crippen LogP contribution is -2.39. The Morgan fingerprint density at radius 2 is 1.75 bits per heavy atom. The highest BCUT2D eigenvalue weighted by molar-refractivity contribution is 6.25. The lowest BCUT2D eigenvalue weighted by molar-refractivity contribution is -0.0542. The summed E-state index contributed by atoms with van der Waals surface area (Å²) in [5, 5.41) is 0. The minimum Gasteiger partial charge on any atom is -0.342 e. The van der Waals surface area contributed by atoms with Crippen molar-refractivity contribution in [3.05, 3.63) is 24.3 Å². The molecule has 1 aliphatic rings. The van der Waals surface area contributed by atoms with E-state index in [2.05, 4.69) is 9.97 Å². The first-order valence-electron chi connectivity index (χ1n) is 3.47. The third-order valence-electron chi connectivity index (χ3n) is 1.79. The summed E-state index contributed by atoms with van der Waals surface area (Å²) in [5.74, 6) is 0.00883. The molecule has 0 saturated carbocycles. The predicted molar refractivity (Wildman–Crippen MR) is 45.1 cm³/mol. The molecule has 1 aromatic heterocycles. The van der Waals surface area contributed by atoms with Crippen molar-refractivity contribution in [1.29, 1.82) is 0 Å². The molecule has 3 nitrogen and oxygen atoms in total. The summed E-state index contributed by atoms with van der Waals surface area (Å²) < 4.78 is 4.98. The number of hydrogen-bond acceptors (Lipinski definition) is 3. The van der Waals surface area contributed by atoms with E-state index >= 15 is 0 Å². The van der Waals surface area contributed by atoms with E-state index in [1.807, 2.05) is 0 Å². The summed E-state index contributed by atoms with van der Waals surface area (Å²) in [5.41, 5.74) is 0.223. The van der Waals surface area contributed by atoms with Crippen LogP contribution in [-0.2, 0) is 4.74 Å². The Balaban J connectivity index is 2.20. The molecule has 0 N–H and O–H groups in total. The van der Waals surface area contributed by atoms with Crippen molar-refractivity contribution >= 4 is 23.2 Å². The Morgan fingerprint density at radius 1 is 1.17 bits per heavy atom. The van der Waals surface area contributed by atoms with Gasteiger partial charge in [0.1, 0.15) is 17.5 Å². The third-order valence-corrected chi connectivity index (χ3v) is 2.54. The summed E-state index contributed by atoms with van der Waals surface area (Å²) in [6, 6.07) is 0. The molecule has 1 fully saturated rings. The Morgan fingerprint density at radius 3 is 2.25 bits per heavy atom. The van der Waals surface area contributed by atoms with Gasteiger partial charge in [0, 0.05) is 12.4 Å². The first-order valence-corrected chi connectivity index (χ1v) is 4.35. The average Bonchev–Trinajstić information content (AvgIpc) is 2.05. The highest BCUT2D eigenvalue weighted by Crippen LogP contribution is 2.41. The molecular weight excluding hydrogens is 199 g/mol. The molecule has 5 heteroatoms. The van der Waals surface area contributed by atoms with Crippen LogP contribution in [0.2, 0.25) is 0 Å². The van der Waals surface area contributed by atoms with Crippen LogP contribution in [0.1, 0.15) is 11.5 Å². The molecule has 1 aliphatic heterocycles. The molecule has 0 amide bonds. The summed E-state index contributed by atoms with van der Waals surface area (Å²) in [6.07, 6.45) is 4.87. The van der Waals surface area contributed by atoms with Gasteiger partial charge in [0.25, 0.3) is 0 Å². The zero-order valence-corrected chi connectivity index (χ0v) is 7.53. The molecule has 0 radical (unpaired) electrons. The summed E-state index contributed by atoms with van der Waals surface area (Å²) in [4.78, 5) is 7.75. The minimum absolute atomic E-state index is 0.00883. The van der Waals surface area contributed by atoms with Gasteiger partial charge in [-0.05, 0) is 5.56 Å². The van der Waals surface area contributed by atoms with Gasteiger partial charge >= 0.3 is 0 Å². The minimum atomic E-state index is -0.349. The van der Waals surface area contributed by atoms with Gasteiger partial charge in [-0.25, -0.2) is 9.97 Å². The van der Waals surface area contributed by atoms with Crippen LogP contribution in [0.4, 0.5) is 0 Å². The lowest BCUT2D eigenvalue weighted by atomic mass is 10.0. The third kappa shape index (κ3) is 1.28. The molecule has 64 valence electrons. The summed E-state index contributed by atoms with van der Waals surface area (Å²) in [7, 11) is 0. The number of nitrogens with zero attached hydrogens (tertiary/aromatic N) is 2. The molecule has 2 heterocycles. The predicted octanol–water partition coefficient (Wildman–Crippen LogP) is 1.72. The SMILES string of the molecule is ClC1OC(Cl)C1c1cncnc1. The van der Waals surface area contributed by atoms with Crippen LogP contribution < -0.4 is 0 Å². The topological polar surface area (TPSA) is 35.0 Å². The van der Waals surface area contributed by atoms with Gasteiger partial charge in [0.05, 0.1) is 5.92 Å². The van der Waals surface area contributed by atoms with Crippen LogP contribution in [0.15, 0.2) is 18.7 Å². The van der Waals surface area contributed by atoms with Gasteiger partial charge in [-0.3, -0.25) is 0 Å². The van der Waals surface area contributed by atoms with Crippen molar-refractivity contribution < 1.29 is 4.74 Å². The van der Waals surface area contributed by atoms with E-state index in [-0.39, 0.29) is 17.0 Å². The van der Waals surface area contributed by atoms with Gasteiger partial charge in [-0.2, -0.15) is 0 Å². The fraction of sp³-hybridized carbons (Fsp3) is 0.429. The molecule has 2 rings (SSSR count). The maximum absolute atomic E-state index is 5.78. The second kappa shape index (κ2) is 3.17. The second-order valence-corrected chi connectivity index (χ2v) is 3.40. The number of halogens is 2. The van der Waals surface area contributed by atoms with E-state index in [9.17, 15) is 0 Å². The molecule has 0 spiro atoms. The quantitative estimate of drug-likeness (QED) is 0.654. The highest BCUT2D eigenvalue weighted by Gasteiger charge is 2.41. The van der Waals surface area contributed by atoms with E-state index in [1.54, 1.807) is 12.4 Å². The molecule has 2 unspecified atom stereocenters. The zero-order chi connectivity index (χ0) is 8.55. The van der Waals surface area contributed by atoms with Gasteiger partial charge in [0.2, 0.25) is 0 Å².